The molecular formula is C54H63NO8. The first-order chi connectivity index (χ1) is 29.9. The molecule has 63 heavy (non-hydrogen) atoms. The summed E-state index contributed by atoms with van der Waals surface area (Å²) >= 11 is 0. The number of amides is 1. The Morgan fingerprint density at radius 2 is 1.48 bits per heavy atom. The Morgan fingerprint density at radius 3 is 2.14 bits per heavy atom. The first-order valence-corrected chi connectivity index (χ1v) is 23.2. The number of aliphatic hydroxyl groups excluding tert-OH is 1. The van der Waals surface area contributed by atoms with Crippen molar-refractivity contribution in [3.8, 4) is 22.6 Å². The van der Waals surface area contributed by atoms with Crippen LogP contribution in [-0.4, -0.2) is 70.8 Å². The van der Waals surface area contributed by atoms with Gasteiger partial charge in [0.1, 0.15) is 11.5 Å². The van der Waals surface area contributed by atoms with E-state index in [4.69, 9.17) is 14.2 Å². The number of benzene rings is 3. The number of carbonyl (C=O) groups excluding carboxylic acids is 3. The largest absolute Gasteiger partial charge is 0.497 e. The normalized spacial score (nSPS) is 38.8. The zero-order valence-electron chi connectivity index (χ0n) is 38.0. The summed E-state index contributed by atoms with van der Waals surface area (Å²) in [6.45, 7) is 10.6. The third kappa shape index (κ3) is 5.38. The molecule has 9 heteroatoms. The average molecular weight is 854 g/mol. The highest BCUT2D eigenvalue weighted by molar-refractivity contribution is 6.11. The maximum Gasteiger partial charge on any atom is 0.313 e. The number of hydrogen-bond acceptors (Lipinski definition) is 8. The van der Waals surface area contributed by atoms with Crippen molar-refractivity contribution in [2.45, 2.75) is 116 Å². The van der Waals surface area contributed by atoms with E-state index in [-0.39, 0.29) is 48.0 Å². The monoisotopic (exact) mass is 853 g/mol. The lowest BCUT2D eigenvalue weighted by atomic mass is 9.32. The van der Waals surface area contributed by atoms with E-state index in [0.717, 1.165) is 41.5 Å². The molecule has 0 radical (unpaired) electrons. The number of allylic oxidation sites excluding steroid dienone is 4. The fraction of sp³-hybridized carbons (Fsp3) is 0.537. The predicted molar refractivity (Wildman–Crippen MR) is 240 cm³/mol. The first-order valence-electron chi connectivity index (χ1n) is 23.2. The molecule has 2 N–H and O–H groups in total. The van der Waals surface area contributed by atoms with Crippen LogP contribution in [0.1, 0.15) is 108 Å². The second kappa shape index (κ2) is 13.9. The molecule has 4 bridgehead atoms. The number of hydrogen-bond donors (Lipinski definition) is 2. The lowest BCUT2D eigenvalue weighted by molar-refractivity contribution is -0.187. The standard InChI is InChI=1S/C54H63NO8/c1-47(2)50(5)25-28-54(47,63-46(50)59)45(58)55(32-37-17-18-39(61-6)29-41(37)62-7)33-52(60)24-21-43-49(52,4)23-20-42-48(3)22-19-38(56)30-51(48)26-27-53(42,43)40(31-51)44(57)36-15-13-35(14-16-36)34-11-9-8-10-12-34/h8-18,26-27,29,31,38,42-43,56,60H,19-25,28,30,32-33H2,1-7H3. The Kier molecular flexibility index (Phi) is 9.31. The van der Waals surface area contributed by atoms with E-state index in [0.29, 0.717) is 55.6 Å². The van der Waals surface area contributed by atoms with Crippen molar-refractivity contribution in [2.24, 2.45) is 44.3 Å². The van der Waals surface area contributed by atoms with Crippen LogP contribution in [0.2, 0.25) is 0 Å². The number of carbonyl (C=O) groups is 3. The molecule has 2 spiro atoms. The molecule has 3 aromatic carbocycles. The Bertz CT molecular complexity index is 2460. The Labute approximate surface area is 371 Å². The maximum absolute atomic E-state index is 15.5. The van der Waals surface area contributed by atoms with Crippen molar-refractivity contribution in [3.05, 3.63) is 108 Å². The summed E-state index contributed by atoms with van der Waals surface area (Å²) < 4.78 is 17.6. The number of ether oxygens (including phenoxy) is 3. The van der Waals surface area contributed by atoms with Gasteiger partial charge in [-0.3, -0.25) is 14.4 Å². The quantitative estimate of drug-likeness (QED) is 0.118. The van der Waals surface area contributed by atoms with Gasteiger partial charge in [0.2, 0.25) is 0 Å². The molecule has 10 unspecified atom stereocenters. The molecule has 1 aliphatic heterocycles. The number of aliphatic hydroxyl groups is 2. The maximum atomic E-state index is 15.5. The number of ketones is 1. The van der Waals surface area contributed by atoms with Crippen molar-refractivity contribution in [3.63, 3.8) is 0 Å². The lowest BCUT2D eigenvalue weighted by Gasteiger charge is -2.71. The number of fused-ring (bicyclic) bond motifs is 3. The van der Waals surface area contributed by atoms with Gasteiger partial charge in [-0.05, 0) is 105 Å². The number of nitrogens with zero attached hydrogens (tertiary/aromatic N) is 1. The lowest BCUT2D eigenvalue weighted by Crippen LogP contribution is -2.67. The number of methoxy groups -OCH3 is 2. The minimum absolute atomic E-state index is 0.00204. The molecule has 11 rings (SSSR count). The van der Waals surface area contributed by atoms with Gasteiger partial charge in [0.25, 0.3) is 5.91 Å². The molecular weight excluding hydrogens is 791 g/mol. The molecule has 9 nitrogen and oxygen atoms in total. The summed E-state index contributed by atoms with van der Waals surface area (Å²) in [6, 6.07) is 23.7. The summed E-state index contributed by atoms with van der Waals surface area (Å²) in [7, 11) is 3.19. The van der Waals surface area contributed by atoms with Crippen LogP contribution in [0.4, 0.5) is 0 Å². The summed E-state index contributed by atoms with van der Waals surface area (Å²) in [5.41, 5.74) is -2.09. The summed E-state index contributed by atoms with van der Waals surface area (Å²) in [6.07, 6.45) is 12.2. The Balaban J connectivity index is 1.06. The zero-order valence-corrected chi connectivity index (χ0v) is 38.0. The van der Waals surface area contributed by atoms with Gasteiger partial charge in [-0.25, -0.2) is 0 Å². The molecule has 1 heterocycles. The van der Waals surface area contributed by atoms with Crippen molar-refractivity contribution >= 4 is 17.7 Å². The molecule has 0 aromatic heterocycles. The molecule has 3 aromatic rings. The van der Waals surface area contributed by atoms with E-state index in [1.807, 2.05) is 75.4 Å². The topological polar surface area (TPSA) is 123 Å². The van der Waals surface area contributed by atoms with E-state index < -0.39 is 44.4 Å². The number of Topliss-reactive ketones (excluding diaryl/α,β-unsaturated/α-hetero) is 1. The number of esters is 1. The molecule has 10 atom stereocenters. The third-order valence-corrected chi connectivity index (χ3v) is 19.2. The van der Waals surface area contributed by atoms with Gasteiger partial charge >= 0.3 is 5.97 Å². The molecule has 8 aliphatic rings. The zero-order chi connectivity index (χ0) is 44.6. The molecule has 332 valence electrons. The van der Waals surface area contributed by atoms with Crippen LogP contribution < -0.4 is 9.47 Å². The van der Waals surface area contributed by atoms with Gasteiger partial charge in [0.15, 0.2) is 11.4 Å². The van der Waals surface area contributed by atoms with Crippen LogP contribution in [0.15, 0.2) is 96.6 Å². The van der Waals surface area contributed by atoms with Gasteiger partial charge in [-0.1, -0.05) is 101 Å². The predicted octanol–water partition coefficient (Wildman–Crippen LogP) is 9.30. The fourth-order valence-electron chi connectivity index (χ4n) is 14.9. The second-order valence-corrected chi connectivity index (χ2v) is 21.6. The van der Waals surface area contributed by atoms with Crippen LogP contribution in [0.5, 0.6) is 11.5 Å². The van der Waals surface area contributed by atoms with Crippen molar-refractivity contribution < 1.29 is 38.8 Å². The van der Waals surface area contributed by atoms with Crippen LogP contribution >= 0.6 is 0 Å². The second-order valence-electron chi connectivity index (χ2n) is 21.6. The molecule has 4 saturated carbocycles. The van der Waals surface area contributed by atoms with E-state index in [1.54, 1.807) is 25.2 Å². The van der Waals surface area contributed by atoms with Gasteiger partial charge in [0.05, 0.1) is 37.9 Å². The third-order valence-electron chi connectivity index (χ3n) is 19.2. The highest BCUT2D eigenvalue weighted by atomic mass is 16.6. The number of rotatable bonds is 10. The highest BCUT2D eigenvalue weighted by Crippen LogP contribution is 2.78. The van der Waals surface area contributed by atoms with Gasteiger partial charge in [-0.15, -0.1) is 0 Å². The van der Waals surface area contributed by atoms with Gasteiger partial charge < -0.3 is 29.3 Å². The summed E-state index contributed by atoms with van der Waals surface area (Å²) in [4.78, 5) is 46.2. The van der Waals surface area contributed by atoms with E-state index in [1.165, 1.54) is 0 Å². The van der Waals surface area contributed by atoms with Crippen LogP contribution in [-0.2, 0) is 20.9 Å². The molecule has 5 fully saturated rings. The summed E-state index contributed by atoms with van der Waals surface area (Å²) in [5.74, 6) is 0.529. The Hall–Kier alpha value is -4.73. The highest BCUT2D eigenvalue weighted by Gasteiger charge is 2.78. The fourth-order valence-corrected chi connectivity index (χ4v) is 14.9. The summed E-state index contributed by atoms with van der Waals surface area (Å²) in [5, 5.41) is 24.8. The van der Waals surface area contributed by atoms with Crippen molar-refractivity contribution in [2.75, 3.05) is 20.8 Å². The smallest absolute Gasteiger partial charge is 0.313 e. The van der Waals surface area contributed by atoms with E-state index in [2.05, 4.69) is 44.2 Å². The molecule has 1 amide bonds. The molecule has 7 aliphatic carbocycles. The van der Waals surface area contributed by atoms with Crippen molar-refractivity contribution in [1.29, 1.82) is 0 Å². The Morgan fingerprint density at radius 1 is 0.794 bits per heavy atom. The van der Waals surface area contributed by atoms with Crippen molar-refractivity contribution in [1.82, 2.24) is 4.90 Å². The average Bonchev–Trinajstić information content (AvgIpc) is 3.73. The van der Waals surface area contributed by atoms with Crippen LogP contribution in [0.3, 0.4) is 0 Å². The SMILES string of the molecule is COc1ccc(CN(CC2(O)CCC3C45C=CC6(C=C4C(=O)c4ccc(-c7ccccc7)cc4)CC(O)CCC6(C)C5CCC32C)C(=O)C23CCC(C)(C(=O)O2)C3(C)C)c(OC)c1. The van der Waals surface area contributed by atoms with Crippen LogP contribution in [0, 0.1) is 44.3 Å². The van der Waals surface area contributed by atoms with Gasteiger partial charge in [-0.2, -0.15) is 0 Å². The van der Waals surface area contributed by atoms with Gasteiger partial charge in [0, 0.05) is 51.0 Å². The minimum Gasteiger partial charge on any atom is -0.497 e. The molecule has 1 saturated heterocycles. The van der Waals surface area contributed by atoms with E-state index >= 15 is 9.59 Å². The minimum atomic E-state index is -1.39. The van der Waals surface area contributed by atoms with Crippen LogP contribution in [0.25, 0.3) is 11.1 Å². The first kappa shape index (κ1) is 42.2. The van der Waals surface area contributed by atoms with E-state index in [9.17, 15) is 15.0 Å².